The number of hydrogen-bond acceptors (Lipinski definition) is 3. The van der Waals surface area contributed by atoms with Gasteiger partial charge in [0, 0.05) is 11.1 Å². The highest BCUT2D eigenvalue weighted by Crippen LogP contribution is 2.14. The molecular weight excluding hydrogens is 286 g/mol. The minimum Gasteiger partial charge on any atom is -0.464 e. The summed E-state index contributed by atoms with van der Waals surface area (Å²) in [5.41, 5.74) is 2.72. The zero-order chi connectivity index (χ0) is 16.5. The van der Waals surface area contributed by atoms with Crippen molar-refractivity contribution in [1.29, 1.82) is 0 Å². The van der Waals surface area contributed by atoms with Crippen LogP contribution in [0.5, 0.6) is 0 Å². The van der Waals surface area contributed by atoms with Crippen LogP contribution >= 0.6 is 0 Å². The third-order valence-electron chi connectivity index (χ3n) is 3.33. The summed E-state index contributed by atoms with van der Waals surface area (Å²) in [6.07, 6.45) is 2.14. The van der Waals surface area contributed by atoms with Crippen molar-refractivity contribution in [2.75, 3.05) is 6.61 Å². The SMILES string of the molecule is C=CCC(N=C(c1ccccc1)c1ccccc1)C(=O)OCC. The number of esters is 1. The van der Waals surface area contributed by atoms with Crippen molar-refractivity contribution in [3.63, 3.8) is 0 Å². The highest BCUT2D eigenvalue weighted by molar-refractivity contribution is 6.13. The molecule has 0 saturated carbocycles. The van der Waals surface area contributed by atoms with Crippen LogP contribution in [0.3, 0.4) is 0 Å². The molecule has 2 rings (SSSR count). The first-order chi connectivity index (χ1) is 11.3. The molecular formula is C20H21NO2. The smallest absolute Gasteiger partial charge is 0.331 e. The lowest BCUT2D eigenvalue weighted by Crippen LogP contribution is -2.23. The number of rotatable bonds is 7. The summed E-state index contributed by atoms with van der Waals surface area (Å²) in [5, 5.41) is 0. The third kappa shape index (κ3) is 4.65. The van der Waals surface area contributed by atoms with Crippen LogP contribution in [0.15, 0.2) is 78.3 Å². The molecule has 0 aliphatic heterocycles. The van der Waals surface area contributed by atoms with Gasteiger partial charge < -0.3 is 4.74 Å². The number of hydrogen-bond donors (Lipinski definition) is 0. The third-order valence-corrected chi connectivity index (χ3v) is 3.33. The van der Waals surface area contributed by atoms with E-state index < -0.39 is 6.04 Å². The second kappa shape index (κ2) is 8.69. The van der Waals surface area contributed by atoms with E-state index in [1.165, 1.54) is 0 Å². The molecule has 0 N–H and O–H groups in total. The molecule has 23 heavy (non-hydrogen) atoms. The van der Waals surface area contributed by atoms with Crippen LogP contribution in [0.1, 0.15) is 24.5 Å². The summed E-state index contributed by atoms with van der Waals surface area (Å²) in [6, 6.07) is 19.1. The number of carbonyl (C=O) groups excluding carboxylic acids is 1. The van der Waals surface area contributed by atoms with Crippen LogP contribution in [0, 0.1) is 0 Å². The van der Waals surface area contributed by atoms with E-state index in [2.05, 4.69) is 6.58 Å². The van der Waals surface area contributed by atoms with Crippen LogP contribution in [0.4, 0.5) is 0 Å². The Labute approximate surface area is 137 Å². The Morgan fingerprint density at radius 2 is 1.61 bits per heavy atom. The maximum atomic E-state index is 12.2. The van der Waals surface area contributed by atoms with E-state index >= 15 is 0 Å². The van der Waals surface area contributed by atoms with Gasteiger partial charge in [-0.05, 0) is 13.3 Å². The second-order valence-corrected chi connectivity index (χ2v) is 5.00. The first-order valence-corrected chi connectivity index (χ1v) is 7.72. The molecule has 3 heteroatoms. The zero-order valence-electron chi connectivity index (χ0n) is 13.3. The van der Waals surface area contributed by atoms with Gasteiger partial charge in [-0.25, -0.2) is 4.79 Å². The molecule has 0 saturated heterocycles. The number of aliphatic imine (C=N–C) groups is 1. The van der Waals surface area contributed by atoms with Crippen molar-refractivity contribution in [2.45, 2.75) is 19.4 Å². The molecule has 0 aromatic heterocycles. The Bertz CT molecular complexity index is 621. The van der Waals surface area contributed by atoms with Gasteiger partial charge in [0.05, 0.1) is 12.3 Å². The maximum absolute atomic E-state index is 12.2. The number of carbonyl (C=O) groups is 1. The van der Waals surface area contributed by atoms with Gasteiger partial charge in [-0.1, -0.05) is 66.7 Å². The minimum absolute atomic E-state index is 0.322. The van der Waals surface area contributed by atoms with E-state index in [0.29, 0.717) is 13.0 Å². The first-order valence-electron chi connectivity index (χ1n) is 7.72. The molecule has 2 aromatic rings. The summed E-state index contributed by atoms with van der Waals surface area (Å²) < 4.78 is 5.14. The van der Waals surface area contributed by atoms with Gasteiger partial charge in [0.25, 0.3) is 0 Å². The molecule has 118 valence electrons. The fourth-order valence-corrected chi connectivity index (χ4v) is 2.26. The van der Waals surface area contributed by atoms with Crippen molar-refractivity contribution < 1.29 is 9.53 Å². The van der Waals surface area contributed by atoms with Gasteiger partial charge in [-0.2, -0.15) is 0 Å². The standard InChI is InChI=1S/C20H21NO2/c1-3-11-18(20(22)23-4-2)21-19(16-12-7-5-8-13-16)17-14-9-6-10-15-17/h3,5-10,12-15,18H,1,4,11H2,2H3. The van der Waals surface area contributed by atoms with Crippen LogP contribution in [0.25, 0.3) is 0 Å². The molecule has 1 unspecified atom stereocenters. The molecule has 0 heterocycles. The molecule has 0 amide bonds. The molecule has 0 aliphatic carbocycles. The number of benzene rings is 2. The van der Waals surface area contributed by atoms with Crippen molar-refractivity contribution in [1.82, 2.24) is 0 Å². The van der Waals surface area contributed by atoms with Crippen LogP contribution < -0.4 is 0 Å². The van der Waals surface area contributed by atoms with Crippen LogP contribution in [-0.2, 0) is 9.53 Å². The molecule has 3 nitrogen and oxygen atoms in total. The Balaban J connectivity index is 2.47. The average Bonchev–Trinajstić information content (AvgIpc) is 2.60. The fraction of sp³-hybridized carbons (Fsp3) is 0.200. The predicted octanol–water partition coefficient (Wildman–Crippen LogP) is 4.03. The van der Waals surface area contributed by atoms with E-state index in [0.717, 1.165) is 16.8 Å². The van der Waals surface area contributed by atoms with Gasteiger partial charge in [0.2, 0.25) is 0 Å². The van der Waals surface area contributed by atoms with Gasteiger partial charge in [0.15, 0.2) is 6.04 Å². The average molecular weight is 307 g/mol. The van der Waals surface area contributed by atoms with Crippen molar-refractivity contribution >= 4 is 11.7 Å². The number of nitrogens with zero attached hydrogens (tertiary/aromatic N) is 1. The van der Waals surface area contributed by atoms with E-state index in [4.69, 9.17) is 9.73 Å². The molecule has 2 aromatic carbocycles. The highest BCUT2D eigenvalue weighted by Gasteiger charge is 2.19. The van der Waals surface area contributed by atoms with Gasteiger partial charge in [-0.15, -0.1) is 6.58 Å². The zero-order valence-corrected chi connectivity index (χ0v) is 13.3. The van der Waals surface area contributed by atoms with Crippen LogP contribution in [0.2, 0.25) is 0 Å². The maximum Gasteiger partial charge on any atom is 0.331 e. The largest absolute Gasteiger partial charge is 0.464 e. The van der Waals surface area contributed by atoms with Crippen LogP contribution in [-0.4, -0.2) is 24.3 Å². The Kier molecular flexibility index (Phi) is 6.30. The Morgan fingerprint density at radius 1 is 1.09 bits per heavy atom. The quantitative estimate of drug-likeness (QED) is 0.440. The summed E-state index contributed by atoms with van der Waals surface area (Å²) in [6.45, 7) is 5.85. The summed E-state index contributed by atoms with van der Waals surface area (Å²) >= 11 is 0. The van der Waals surface area contributed by atoms with E-state index in [-0.39, 0.29) is 5.97 Å². The van der Waals surface area contributed by atoms with Crippen molar-refractivity contribution in [3.8, 4) is 0 Å². The Morgan fingerprint density at radius 3 is 2.04 bits per heavy atom. The summed E-state index contributed by atoms with van der Waals surface area (Å²) in [7, 11) is 0. The Hall–Kier alpha value is -2.68. The topological polar surface area (TPSA) is 38.7 Å². The lowest BCUT2D eigenvalue weighted by molar-refractivity contribution is -0.144. The lowest BCUT2D eigenvalue weighted by atomic mass is 10.0. The van der Waals surface area contributed by atoms with Gasteiger partial charge >= 0.3 is 5.97 Å². The number of ether oxygens (including phenoxy) is 1. The molecule has 0 aliphatic rings. The van der Waals surface area contributed by atoms with E-state index in [1.807, 2.05) is 60.7 Å². The van der Waals surface area contributed by atoms with Gasteiger partial charge in [0.1, 0.15) is 0 Å². The summed E-state index contributed by atoms with van der Waals surface area (Å²) in [4.78, 5) is 16.8. The minimum atomic E-state index is -0.581. The predicted molar refractivity (Wildman–Crippen MR) is 93.8 cm³/mol. The molecule has 0 spiro atoms. The molecule has 0 bridgehead atoms. The fourth-order valence-electron chi connectivity index (χ4n) is 2.26. The molecule has 1 atom stereocenters. The van der Waals surface area contributed by atoms with Gasteiger partial charge in [-0.3, -0.25) is 4.99 Å². The van der Waals surface area contributed by atoms with E-state index in [1.54, 1.807) is 13.0 Å². The first kappa shape index (κ1) is 16.7. The second-order valence-electron chi connectivity index (χ2n) is 5.00. The van der Waals surface area contributed by atoms with E-state index in [9.17, 15) is 4.79 Å². The molecule has 0 radical (unpaired) electrons. The normalized spacial score (nSPS) is 11.3. The van der Waals surface area contributed by atoms with Crippen molar-refractivity contribution in [2.24, 2.45) is 4.99 Å². The highest BCUT2D eigenvalue weighted by atomic mass is 16.5. The lowest BCUT2D eigenvalue weighted by Gasteiger charge is -2.13. The van der Waals surface area contributed by atoms with Crippen molar-refractivity contribution in [3.05, 3.63) is 84.4 Å². The summed E-state index contributed by atoms with van der Waals surface area (Å²) in [5.74, 6) is -0.322. The molecule has 0 fully saturated rings. The monoisotopic (exact) mass is 307 g/mol.